The van der Waals surface area contributed by atoms with Gasteiger partial charge in [0.25, 0.3) is 0 Å². The molecule has 1 aromatic rings. The van der Waals surface area contributed by atoms with Crippen LogP contribution in [0.5, 0.6) is 0 Å². The molecule has 0 radical (unpaired) electrons. The van der Waals surface area contributed by atoms with E-state index in [1.54, 1.807) is 0 Å². The molecule has 0 bridgehead atoms. The number of nitrogens with zero attached hydrogens (tertiary/aromatic N) is 1. The van der Waals surface area contributed by atoms with E-state index in [9.17, 15) is 19.5 Å². The smallest absolute Gasteiger partial charge is 0.329 e. The van der Waals surface area contributed by atoms with Crippen LogP contribution in [0.1, 0.15) is 39.0 Å². The highest BCUT2D eigenvalue weighted by Gasteiger charge is 2.43. The largest absolute Gasteiger partial charge is 0.480 e. The van der Waals surface area contributed by atoms with E-state index >= 15 is 0 Å². The Labute approximate surface area is 157 Å². The van der Waals surface area contributed by atoms with Crippen LogP contribution in [-0.4, -0.2) is 40.7 Å². The van der Waals surface area contributed by atoms with Crippen LogP contribution in [0.15, 0.2) is 29.2 Å². The first-order valence-electron chi connectivity index (χ1n) is 9.02. The molecule has 26 heavy (non-hydrogen) atoms. The van der Waals surface area contributed by atoms with Gasteiger partial charge in [-0.25, -0.2) is 4.79 Å². The van der Waals surface area contributed by atoms with E-state index in [4.69, 9.17) is 0 Å². The summed E-state index contributed by atoms with van der Waals surface area (Å²) in [6, 6.07) is 7.45. The Kier molecular flexibility index (Phi) is 5.55. The van der Waals surface area contributed by atoms with Gasteiger partial charge in [-0.2, -0.15) is 0 Å². The topological polar surface area (TPSA) is 86.7 Å². The van der Waals surface area contributed by atoms with Crippen molar-refractivity contribution < 1.29 is 19.5 Å². The summed E-state index contributed by atoms with van der Waals surface area (Å²) in [4.78, 5) is 39.2. The Balaban J connectivity index is 1.72. The number of carbonyl (C=O) groups is 3. The first-order valence-corrected chi connectivity index (χ1v) is 10.0. The number of thioether (sulfide) groups is 1. The van der Waals surface area contributed by atoms with Gasteiger partial charge >= 0.3 is 5.97 Å². The molecule has 2 amide bonds. The third-order valence-corrected chi connectivity index (χ3v) is 6.48. The normalized spacial score (nSPS) is 25.5. The van der Waals surface area contributed by atoms with Crippen molar-refractivity contribution in [2.75, 3.05) is 17.2 Å². The molecule has 1 aliphatic carbocycles. The highest BCUT2D eigenvalue weighted by Crippen LogP contribution is 2.36. The molecular formula is C19H24N2O4S. The number of amides is 2. The Hall–Kier alpha value is -2.02. The van der Waals surface area contributed by atoms with E-state index in [2.05, 4.69) is 12.2 Å². The molecule has 0 spiro atoms. The number of hydrogen-bond donors (Lipinski definition) is 2. The van der Waals surface area contributed by atoms with Crippen LogP contribution >= 0.6 is 11.8 Å². The highest BCUT2D eigenvalue weighted by molar-refractivity contribution is 8.00. The molecule has 0 atom stereocenters. The molecule has 140 valence electrons. The monoisotopic (exact) mass is 376 g/mol. The van der Waals surface area contributed by atoms with E-state index in [0.717, 1.165) is 24.2 Å². The summed E-state index contributed by atoms with van der Waals surface area (Å²) < 4.78 is 0. The van der Waals surface area contributed by atoms with Crippen molar-refractivity contribution in [2.24, 2.45) is 5.92 Å². The summed E-state index contributed by atoms with van der Waals surface area (Å²) in [7, 11) is 0. The highest BCUT2D eigenvalue weighted by atomic mass is 32.2. The lowest BCUT2D eigenvalue weighted by atomic mass is 9.75. The number of fused-ring (bicyclic) bond motifs is 1. The number of rotatable bonds is 5. The van der Waals surface area contributed by atoms with Gasteiger partial charge in [-0.3, -0.25) is 9.59 Å². The number of aliphatic carboxylic acids is 1. The van der Waals surface area contributed by atoms with Crippen molar-refractivity contribution in [2.45, 2.75) is 49.5 Å². The van der Waals surface area contributed by atoms with Crippen LogP contribution in [0.25, 0.3) is 0 Å². The number of hydrogen-bond acceptors (Lipinski definition) is 4. The summed E-state index contributed by atoms with van der Waals surface area (Å²) in [5, 5.41) is 12.4. The number of para-hydroxylation sites is 1. The second-order valence-corrected chi connectivity index (χ2v) is 8.04. The van der Waals surface area contributed by atoms with Crippen LogP contribution in [0.2, 0.25) is 0 Å². The third kappa shape index (κ3) is 3.72. The van der Waals surface area contributed by atoms with Gasteiger partial charge in [0.1, 0.15) is 12.1 Å². The molecular weight excluding hydrogens is 352 g/mol. The van der Waals surface area contributed by atoms with Crippen LogP contribution in [0.4, 0.5) is 5.69 Å². The molecule has 1 saturated carbocycles. The maximum Gasteiger partial charge on any atom is 0.329 e. The van der Waals surface area contributed by atoms with E-state index in [0.29, 0.717) is 24.4 Å². The molecule has 1 fully saturated rings. The second-order valence-electron chi connectivity index (χ2n) is 7.02. The molecule has 2 aliphatic rings. The van der Waals surface area contributed by atoms with Crippen molar-refractivity contribution >= 4 is 35.2 Å². The Morgan fingerprint density at radius 1 is 1.31 bits per heavy atom. The van der Waals surface area contributed by atoms with E-state index < -0.39 is 17.4 Å². The fourth-order valence-electron chi connectivity index (χ4n) is 3.75. The van der Waals surface area contributed by atoms with Crippen molar-refractivity contribution in [3.63, 3.8) is 0 Å². The molecule has 3 rings (SSSR count). The standard InChI is InChI=1S/C19H24N2O4S/c1-2-13-7-9-19(10-8-13,18(24)25)20-16(22)11-21-14-5-3-4-6-15(14)26-12-17(21)23/h3-6,13H,2,7-12H2,1H3,(H,20,22)(H,24,25). The molecule has 1 aliphatic heterocycles. The zero-order valence-corrected chi connectivity index (χ0v) is 15.7. The van der Waals surface area contributed by atoms with E-state index in [1.807, 2.05) is 24.3 Å². The maximum atomic E-state index is 12.6. The van der Waals surface area contributed by atoms with Gasteiger partial charge in [0.2, 0.25) is 11.8 Å². The quantitative estimate of drug-likeness (QED) is 0.825. The van der Waals surface area contributed by atoms with Crippen LogP contribution in [0.3, 0.4) is 0 Å². The summed E-state index contributed by atoms with van der Waals surface area (Å²) >= 11 is 1.45. The average Bonchev–Trinajstić information content (AvgIpc) is 2.64. The summed E-state index contributed by atoms with van der Waals surface area (Å²) in [5.74, 6) is -0.736. The van der Waals surface area contributed by atoms with Crippen LogP contribution in [0, 0.1) is 5.92 Å². The minimum absolute atomic E-state index is 0.136. The third-order valence-electron chi connectivity index (χ3n) is 5.43. The summed E-state index contributed by atoms with van der Waals surface area (Å²) in [6.07, 6.45) is 3.50. The lowest BCUT2D eigenvalue weighted by Gasteiger charge is -2.38. The fraction of sp³-hybridized carbons (Fsp3) is 0.526. The van der Waals surface area contributed by atoms with Gasteiger partial charge in [-0.15, -0.1) is 11.8 Å². The van der Waals surface area contributed by atoms with Gasteiger partial charge in [0, 0.05) is 4.90 Å². The van der Waals surface area contributed by atoms with Gasteiger partial charge in [0.15, 0.2) is 0 Å². The fourth-order valence-corrected chi connectivity index (χ4v) is 4.68. The predicted octanol–water partition coefficient (Wildman–Crippen LogP) is 2.67. The van der Waals surface area contributed by atoms with Crippen LogP contribution in [-0.2, 0) is 14.4 Å². The van der Waals surface area contributed by atoms with Gasteiger partial charge < -0.3 is 15.3 Å². The number of carbonyl (C=O) groups excluding carboxylic acids is 2. The van der Waals surface area contributed by atoms with E-state index in [-0.39, 0.29) is 18.2 Å². The minimum Gasteiger partial charge on any atom is -0.480 e. The summed E-state index contributed by atoms with van der Waals surface area (Å²) in [5.41, 5.74) is -0.501. The summed E-state index contributed by atoms with van der Waals surface area (Å²) in [6.45, 7) is 1.96. The molecule has 2 N–H and O–H groups in total. The van der Waals surface area contributed by atoms with Crippen molar-refractivity contribution in [1.29, 1.82) is 0 Å². The molecule has 1 heterocycles. The lowest BCUT2D eigenvalue weighted by Crippen LogP contribution is -2.58. The molecule has 0 unspecified atom stereocenters. The minimum atomic E-state index is -1.21. The number of nitrogens with one attached hydrogen (secondary N) is 1. The maximum absolute atomic E-state index is 12.6. The zero-order valence-electron chi connectivity index (χ0n) is 14.9. The average molecular weight is 376 g/mol. The molecule has 7 heteroatoms. The number of carboxylic acid groups (broad SMARTS) is 1. The SMILES string of the molecule is CCC1CCC(NC(=O)CN2C(=O)CSc3ccccc32)(C(=O)O)CC1. The Bertz CT molecular complexity index is 713. The molecule has 0 saturated heterocycles. The Morgan fingerprint density at radius 2 is 2.00 bits per heavy atom. The first kappa shape index (κ1) is 18.8. The predicted molar refractivity (Wildman–Crippen MR) is 100 cm³/mol. The first-order chi connectivity index (χ1) is 12.4. The van der Waals surface area contributed by atoms with Gasteiger partial charge in [0.05, 0.1) is 11.4 Å². The lowest BCUT2D eigenvalue weighted by molar-refractivity contribution is -0.149. The van der Waals surface area contributed by atoms with Gasteiger partial charge in [-0.05, 0) is 43.7 Å². The number of anilines is 1. The molecule has 0 aromatic heterocycles. The van der Waals surface area contributed by atoms with Crippen molar-refractivity contribution in [1.82, 2.24) is 5.32 Å². The van der Waals surface area contributed by atoms with Crippen molar-refractivity contribution in [3.05, 3.63) is 24.3 Å². The van der Waals surface area contributed by atoms with Crippen LogP contribution < -0.4 is 10.2 Å². The van der Waals surface area contributed by atoms with Crippen molar-refractivity contribution in [3.8, 4) is 0 Å². The van der Waals surface area contributed by atoms with E-state index in [1.165, 1.54) is 16.7 Å². The molecule has 1 aromatic carbocycles. The number of benzene rings is 1. The Morgan fingerprint density at radius 3 is 2.65 bits per heavy atom. The second kappa shape index (κ2) is 7.70. The number of carboxylic acids is 1. The molecule has 6 nitrogen and oxygen atoms in total. The van der Waals surface area contributed by atoms with Gasteiger partial charge in [-0.1, -0.05) is 25.5 Å². The zero-order chi connectivity index (χ0) is 18.7.